The summed E-state index contributed by atoms with van der Waals surface area (Å²) < 4.78 is 0. The Morgan fingerprint density at radius 3 is 2.53 bits per heavy atom. The smallest absolute Gasteiger partial charge is 0.317 e. The van der Waals surface area contributed by atoms with Gasteiger partial charge in [0.15, 0.2) is 0 Å². The lowest BCUT2D eigenvalue weighted by Gasteiger charge is -2.50. The molecule has 2 bridgehead atoms. The number of fused-ring (bicyclic) bond motifs is 3. The van der Waals surface area contributed by atoms with E-state index in [9.17, 15) is 4.79 Å². The van der Waals surface area contributed by atoms with Gasteiger partial charge in [0, 0.05) is 18.6 Å². The first-order chi connectivity index (χ1) is 8.11. The second-order valence-electron chi connectivity index (χ2n) is 5.53. The van der Waals surface area contributed by atoms with E-state index in [2.05, 4.69) is 23.6 Å². The third kappa shape index (κ3) is 2.80. The summed E-state index contributed by atoms with van der Waals surface area (Å²) in [5.41, 5.74) is 0. The molecule has 0 aliphatic carbocycles. The normalized spacial score (nSPS) is 33.9. The minimum atomic E-state index is -0.693. The summed E-state index contributed by atoms with van der Waals surface area (Å²) in [7, 11) is 0. The van der Waals surface area contributed by atoms with Crippen LogP contribution in [0.2, 0.25) is 0 Å². The van der Waals surface area contributed by atoms with Gasteiger partial charge in [0.2, 0.25) is 0 Å². The van der Waals surface area contributed by atoms with Crippen molar-refractivity contribution in [2.24, 2.45) is 5.92 Å². The Bertz CT molecular complexity index is 275. The molecule has 3 rings (SSSR count). The number of piperidine rings is 3. The van der Waals surface area contributed by atoms with E-state index in [1.807, 2.05) is 0 Å². The molecule has 4 nitrogen and oxygen atoms in total. The van der Waals surface area contributed by atoms with Crippen LogP contribution >= 0.6 is 0 Å². The summed E-state index contributed by atoms with van der Waals surface area (Å²) >= 11 is 0. The molecule has 1 N–H and O–H groups in total. The minimum Gasteiger partial charge on any atom is -0.480 e. The second-order valence-corrected chi connectivity index (χ2v) is 5.53. The summed E-state index contributed by atoms with van der Waals surface area (Å²) in [6, 6.07) is 0.834. The average Bonchev–Trinajstić information content (AvgIpc) is 2.36. The van der Waals surface area contributed by atoms with Crippen molar-refractivity contribution in [3.8, 4) is 0 Å². The van der Waals surface area contributed by atoms with E-state index < -0.39 is 5.97 Å². The molecule has 0 radical (unpaired) electrons. The summed E-state index contributed by atoms with van der Waals surface area (Å²) in [4.78, 5) is 15.7. The lowest BCUT2D eigenvalue weighted by molar-refractivity contribution is -0.141. The lowest BCUT2D eigenvalue weighted by Crippen LogP contribution is -2.60. The zero-order valence-corrected chi connectivity index (χ0v) is 10.9. The number of carboxylic acids is 1. The van der Waals surface area contributed by atoms with Gasteiger partial charge in [-0.1, -0.05) is 6.92 Å². The predicted octanol–water partition coefficient (Wildman–Crippen LogP) is 1.27. The van der Waals surface area contributed by atoms with Crippen molar-refractivity contribution in [2.45, 2.75) is 45.2 Å². The van der Waals surface area contributed by atoms with Crippen LogP contribution in [0.5, 0.6) is 0 Å². The van der Waals surface area contributed by atoms with Crippen molar-refractivity contribution >= 4 is 5.97 Å². The SMILES string of the molecule is CCC(C)N(CC(=O)O)C1CN2CCC1CC2. The van der Waals surface area contributed by atoms with Crippen LogP contribution < -0.4 is 0 Å². The van der Waals surface area contributed by atoms with Crippen molar-refractivity contribution in [3.63, 3.8) is 0 Å². The number of hydrogen-bond donors (Lipinski definition) is 1. The summed E-state index contributed by atoms with van der Waals surface area (Å²) in [6.45, 7) is 7.99. The molecule has 4 heteroatoms. The van der Waals surface area contributed by atoms with Gasteiger partial charge >= 0.3 is 5.97 Å². The standard InChI is InChI=1S/C13H24N2O2/c1-3-10(2)15(9-13(16)17)12-8-14-6-4-11(12)5-7-14/h10-12H,3-9H2,1-2H3,(H,16,17). The topological polar surface area (TPSA) is 43.8 Å². The summed E-state index contributed by atoms with van der Waals surface area (Å²) in [6.07, 6.45) is 3.52. The summed E-state index contributed by atoms with van der Waals surface area (Å²) in [5.74, 6) is 0.0232. The minimum absolute atomic E-state index is 0.198. The Morgan fingerprint density at radius 1 is 1.47 bits per heavy atom. The third-order valence-corrected chi connectivity index (χ3v) is 4.52. The van der Waals surface area contributed by atoms with Crippen LogP contribution in [0.25, 0.3) is 0 Å². The molecule has 0 spiro atoms. The molecule has 3 heterocycles. The van der Waals surface area contributed by atoms with Gasteiger partial charge in [0.1, 0.15) is 0 Å². The lowest BCUT2D eigenvalue weighted by atomic mass is 9.82. The molecule has 3 aliphatic rings. The highest BCUT2D eigenvalue weighted by Gasteiger charge is 2.39. The third-order valence-electron chi connectivity index (χ3n) is 4.52. The number of carbonyl (C=O) groups is 1. The molecule has 0 amide bonds. The molecule has 3 saturated heterocycles. The second kappa shape index (κ2) is 5.36. The highest BCUT2D eigenvalue weighted by Crippen LogP contribution is 2.32. The van der Waals surface area contributed by atoms with Crippen molar-refractivity contribution in [1.29, 1.82) is 0 Å². The maximum atomic E-state index is 11.0. The molecule has 0 aromatic heterocycles. The highest BCUT2D eigenvalue weighted by atomic mass is 16.4. The van der Waals surface area contributed by atoms with E-state index in [0.29, 0.717) is 18.0 Å². The summed E-state index contributed by atoms with van der Waals surface area (Å²) in [5, 5.41) is 9.07. The number of rotatable bonds is 5. The first-order valence-corrected chi connectivity index (χ1v) is 6.81. The van der Waals surface area contributed by atoms with Gasteiger partial charge in [-0.15, -0.1) is 0 Å². The molecule has 3 aliphatic heterocycles. The van der Waals surface area contributed by atoms with Crippen molar-refractivity contribution in [3.05, 3.63) is 0 Å². The Labute approximate surface area is 104 Å². The quantitative estimate of drug-likeness (QED) is 0.786. The van der Waals surface area contributed by atoms with Gasteiger partial charge in [-0.25, -0.2) is 0 Å². The Morgan fingerprint density at radius 2 is 2.12 bits per heavy atom. The zero-order chi connectivity index (χ0) is 12.4. The maximum absolute atomic E-state index is 11.0. The molecule has 3 fully saturated rings. The fourth-order valence-electron chi connectivity index (χ4n) is 3.30. The molecule has 0 aromatic carbocycles. The Hall–Kier alpha value is -0.610. The zero-order valence-electron chi connectivity index (χ0n) is 10.9. The first kappa shape index (κ1) is 12.8. The monoisotopic (exact) mass is 240 g/mol. The van der Waals surface area contributed by atoms with Gasteiger partial charge in [0.25, 0.3) is 0 Å². The number of carboxylic acid groups (broad SMARTS) is 1. The molecule has 0 saturated carbocycles. The molecule has 98 valence electrons. The number of hydrogen-bond acceptors (Lipinski definition) is 3. The molecular weight excluding hydrogens is 216 g/mol. The van der Waals surface area contributed by atoms with E-state index in [4.69, 9.17) is 5.11 Å². The van der Waals surface area contributed by atoms with Crippen LogP contribution in [-0.4, -0.2) is 59.1 Å². The van der Waals surface area contributed by atoms with E-state index in [-0.39, 0.29) is 6.54 Å². The fourth-order valence-corrected chi connectivity index (χ4v) is 3.30. The molecule has 2 atom stereocenters. The van der Waals surface area contributed by atoms with E-state index >= 15 is 0 Å². The van der Waals surface area contributed by atoms with Crippen molar-refractivity contribution < 1.29 is 9.90 Å². The molecular formula is C13H24N2O2. The molecule has 0 aromatic rings. The van der Waals surface area contributed by atoms with Gasteiger partial charge in [-0.2, -0.15) is 0 Å². The van der Waals surface area contributed by atoms with Gasteiger partial charge in [-0.05, 0) is 45.2 Å². The Balaban J connectivity index is 2.06. The number of aliphatic carboxylic acids is 1. The predicted molar refractivity (Wildman–Crippen MR) is 67.0 cm³/mol. The van der Waals surface area contributed by atoms with Crippen molar-refractivity contribution in [2.75, 3.05) is 26.2 Å². The largest absolute Gasteiger partial charge is 0.480 e. The van der Waals surface area contributed by atoms with Crippen LogP contribution in [0.1, 0.15) is 33.1 Å². The maximum Gasteiger partial charge on any atom is 0.317 e. The van der Waals surface area contributed by atoms with Crippen LogP contribution in [0.3, 0.4) is 0 Å². The van der Waals surface area contributed by atoms with Crippen LogP contribution in [0.4, 0.5) is 0 Å². The van der Waals surface area contributed by atoms with Crippen LogP contribution in [0.15, 0.2) is 0 Å². The number of nitrogens with zero attached hydrogens (tertiary/aromatic N) is 2. The highest BCUT2D eigenvalue weighted by molar-refractivity contribution is 5.69. The Kier molecular flexibility index (Phi) is 4.05. The van der Waals surface area contributed by atoms with Gasteiger partial charge in [0.05, 0.1) is 6.54 Å². The van der Waals surface area contributed by atoms with E-state index in [1.165, 1.54) is 25.9 Å². The first-order valence-electron chi connectivity index (χ1n) is 6.81. The van der Waals surface area contributed by atoms with Crippen molar-refractivity contribution in [1.82, 2.24) is 9.80 Å². The average molecular weight is 240 g/mol. The fraction of sp³-hybridized carbons (Fsp3) is 0.923. The van der Waals surface area contributed by atoms with Crippen LogP contribution in [0, 0.1) is 5.92 Å². The van der Waals surface area contributed by atoms with E-state index in [0.717, 1.165) is 13.0 Å². The molecule has 2 unspecified atom stereocenters. The van der Waals surface area contributed by atoms with Gasteiger partial charge < -0.3 is 10.0 Å². The van der Waals surface area contributed by atoms with Gasteiger partial charge in [-0.3, -0.25) is 9.69 Å². The van der Waals surface area contributed by atoms with Crippen LogP contribution in [-0.2, 0) is 4.79 Å². The molecule has 17 heavy (non-hydrogen) atoms. The van der Waals surface area contributed by atoms with E-state index in [1.54, 1.807) is 0 Å².